The van der Waals surface area contributed by atoms with Gasteiger partial charge in [0.2, 0.25) is 0 Å². The molecule has 0 atom stereocenters. The zero-order chi connectivity index (χ0) is 8.08. The zero-order valence-corrected chi connectivity index (χ0v) is 5.89. The standard InChI is InChI=1S/2Mg.H3O4P.H2O3Si.4H/c;;1-5(2,3)4;1-4(2)3;;;;/h;;(H3,1,2,3,4);1-2H;;;;. The van der Waals surface area contributed by atoms with Crippen LogP contribution in [-0.2, 0) is 9.03 Å². The van der Waals surface area contributed by atoms with Gasteiger partial charge in [0, 0.05) is 0 Å². The minimum atomic E-state index is -4.64. The first-order chi connectivity index (χ1) is 3.73. The highest BCUT2D eigenvalue weighted by atomic mass is 31.2. The average molecular weight is 229 g/mol. The van der Waals surface area contributed by atoms with Crippen LogP contribution in [-0.4, -0.2) is 79.5 Å². The quantitative estimate of drug-likeness (QED) is 0.209. The molecule has 64 valence electrons. The molecule has 0 bridgehead atoms. The van der Waals surface area contributed by atoms with Crippen LogP contribution in [0.3, 0.4) is 0 Å². The van der Waals surface area contributed by atoms with Gasteiger partial charge < -0.3 is 24.3 Å². The highest BCUT2D eigenvalue weighted by molar-refractivity contribution is 7.45. The Kier molecular flexibility index (Phi) is 23.3. The molecule has 0 heterocycles. The Morgan fingerprint density at radius 1 is 1.00 bits per heavy atom. The highest BCUT2D eigenvalue weighted by Crippen LogP contribution is 2.25. The van der Waals surface area contributed by atoms with E-state index in [0.29, 0.717) is 0 Å². The summed E-state index contributed by atoms with van der Waals surface area (Å²) in [7, 11) is -7.77. The molecule has 0 fully saturated rings. The van der Waals surface area contributed by atoms with Crippen LogP contribution in [0.15, 0.2) is 0 Å². The van der Waals surface area contributed by atoms with Crippen molar-refractivity contribution in [3.05, 3.63) is 0 Å². The summed E-state index contributed by atoms with van der Waals surface area (Å²) in [4.78, 5) is 35.9. The molecule has 0 aromatic carbocycles. The smallest absolute Gasteiger partial charge is 0.511 e. The van der Waals surface area contributed by atoms with E-state index >= 15 is 0 Å². The Hall–Kier alpha value is 1.26. The van der Waals surface area contributed by atoms with Gasteiger partial charge in [-0.1, -0.05) is 0 Å². The summed E-state index contributed by atoms with van der Waals surface area (Å²) in [5.74, 6) is 0. The van der Waals surface area contributed by atoms with Crippen LogP contribution < -0.4 is 0 Å². The van der Waals surface area contributed by atoms with E-state index in [9.17, 15) is 0 Å². The van der Waals surface area contributed by atoms with Crippen LogP contribution in [0.25, 0.3) is 0 Å². The van der Waals surface area contributed by atoms with Crippen molar-refractivity contribution in [2.45, 2.75) is 0 Å². The lowest BCUT2D eigenvalue weighted by molar-refractivity contribution is 0.275. The van der Waals surface area contributed by atoms with Crippen molar-refractivity contribution >= 4 is 63.1 Å². The maximum atomic E-state index is 8.88. The largest absolute Gasteiger partial charge is 0.761 e. The summed E-state index contributed by atoms with van der Waals surface area (Å²) in [6.07, 6.45) is 0. The molecule has 11 heteroatoms. The summed E-state index contributed by atoms with van der Waals surface area (Å²) >= 11 is 0. The van der Waals surface area contributed by atoms with Gasteiger partial charge in [-0.15, -0.1) is 0 Å². The molecule has 5 N–H and O–H groups in total. The Bertz CT molecular complexity index is 116. The molecule has 0 aliphatic rings. The van der Waals surface area contributed by atoms with E-state index in [1.807, 2.05) is 0 Å². The van der Waals surface area contributed by atoms with Crippen LogP contribution >= 0.6 is 7.82 Å². The molecule has 0 saturated heterocycles. The van der Waals surface area contributed by atoms with Crippen LogP contribution in [0.2, 0.25) is 0 Å². The Balaban J connectivity index is -0.0000000383. The monoisotopic (exact) mass is 228 g/mol. The molecule has 7 nitrogen and oxygen atoms in total. The van der Waals surface area contributed by atoms with E-state index in [4.69, 9.17) is 33.3 Å². The summed E-state index contributed by atoms with van der Waals surface area (Å²) < 4.78 is 17.6. The summed E-state index contributed by atoms with van der Waals surface area (Å²) in [5, 5.41) is 0. The molecule has 0 aromatic rings. The molecule has 0 radical (unpaired) electrons. The number of hydrogen-bond donors (Lipinski definition) is 5. The Labute approximate surface area is 95.9 Å². The van der Waals surface area contributed by atoms with Gasteiger partial charge in [0.15, 0.2) is 0 Å². The van der Waals surface area contributed by atoms with Crippen molar-refractivity contribution in [2.24, 2.45) is 0 Å². The first kappa shape index (κ1) is 22.8. The molecular weight excluding hydrogens is 220 g/mol. The third kappa shape index (κ3) is 609. The minimum Gasteiger partial charge on any atom is -0.511 e. The number of hydrogen-bond acceptors (Lipinski definition) is 2. The molecule has 0 saturated carbocycles. The number of phosphoric acid groups is 1. The lowest BCUT2D eigenvalue weighted by Crippen LogP contribution is -1.90. The predicted octanol–water partition coefficient (Wildman–Crippen LogP) is -4.37. The van der Waals surface area contributed by atoms with Crippen molar-refractivity contribution < 1.29 is 33.3 Å². The third-order valence-corrected chi connectivity index (χ3v) is 0. The molecule has 0 aliphatic carbocycles. The zero-order valence-electron chi connectivity index (χ0n) is 4.00. The van der Waals surface area contributed by atoms with E-state index in [-0.39, 0.29) is 46.1 Å². The molecule has 0 unspecified atom stereocenters. The molecular formula is H9Mg2O7PSi. The molecule has 0 spiro atoms. The highest BCUT2D eigenvalue weighted by Gasteiger charge is 2.00. The normalized spacial score (nSPS) is 7.55. The predicted molar refractivity (Wildman–Crippen MR) is 42.2 cm³/mol. The molecule has 0 rings (SSSR count). The van der Waals surface area contributed by atoms with Crippen molar-refractivity contribution in [2.75, 3.05) is 0 Å². The van der Waals surface area contributed by atoms with E-state index in [1.54, 1.807) is 0 Å². The van der Waals surface area contributed by atoms with E-state index in [2.05, 4.69) is 0 Å². The molecule has 0 aromatic heterocycles. The van der Waals surface area contributed by atoms with Gasteiger partial charge in [-0.3, -0.25) is 4.46 Å². The third-order valence-electron chi connectivity index (χ3n) is 0. The van der Waals surface area contributed by atoms with Gasteiger partial charge >= 0.3 is 63.1 Å². The molecule has 11 heavy (non-hydrogen) atoms. The lowest BCUT2D eigenvalue weighted by atomic mass is 15.8. The minimum absolute atomic E-state index is 0. The van der Waals surface area contributed by atoms with Gasteiger partial charge in [-0.25, -0.2) is 4.57 Å². The van der Waals surface area contributed by atoms with E-state index < -0.39 is 17.0 Å². The van der Waals surface area contributed by atoms with Gasteiger partial charge in [0.1, 0.15) is 0 Å². The lowest BCUT2D eigenvalue weighted by Gasteiger charge is -1.82. The second-order valence-electron chi connectivity index (χ2n) is 0.796. The van der Waals surface area contributed by atoms with Gasteiger partial charge in [0.05, 0.1) is 0 Å². The summed E-state index contributed by atoms with van der Waals surface area (Å²) in [5.41, 5.74) is 0. The molecule has 0 amide bonds. The second kappa shape index (κ2) is 11.3. The van der Waals surface area contributed by atoms with Crippen LogP contribution in [0, 0.1) is 0 Å². The maximum absolute atomic E-state index is 8.88. The first-order valence-corrected chi connectivity index (χ1v) is 4.30. The van der Waals surface area contributed by atoms with Gasteiger partial charge in [0.25, 0.3) is 0 Å². The SMILES string of the molecule is O=P(O)(O)O.O=[Si](O)O.[MgH2].[MgH2]. The van der Waals surface area contributed by atoms with Gasteiger partial charge in [-0.2, -0.15) is 0 Å². The average Bonchev–Trinajstić information content (AvgIpc) is 1.19. The fourth-order valence-corrected chi connectivity index (χ4v) is 0. The van der Waals surface area contributed by atoms with Crippen molar-refractivity contribution in [1.82, 2.24) is 0 Å². The Morgan fingerprint density at radius 2 is 1.00 bits per heavy atom. The van der Waals surface area contributed by atoms with Crippen LogP contribution in [0.5, 0.6) is 0 Å². The summed E-state index contributed by atoms with van der Waals surface area (Å²) in [6.45, 7) is 0. The van der Waals surface area contributed by atoms with E-state index in [1.165, 1.54) is 0 Å². The Morgan fingerprint density at radius 3 is 1.00 bits per heavy atom. The van der Waals surface area contributed by atoms with Crippen LogP contribution in [0.1, 0.15) is 0 Å². The first-order valence-electron chi connectivity index (χ1n) is 1.43. The second-order valence-corrected chi connectivity index (χ2v) is 2.39. The van der Waals surface area contributed by atoms with Crippen molar-refractivity contribution in [1.29, 1.82) is 0 Å². The topological polar surface area (TPSA) is 135 Å². The fourth-order valence-electron chi connectivity index (χ4n) is 0. The number of rotatable bonds is 0. The maximum Gasteiger partial charge on any atom is 0.761 e. The molecule has 0 aliphatic heterocycles. The van der Waals surface area contributed by atoms with Crippen molar-refractivity contribution in [3.63, 3.8) is 0 Å². The summed E-state index contributed by atoms with van der Waals surface area (Å²) in [6, 6.07) is 0. The fraction of sp³-hybridized carbons (Fsp3) is 0. The van der Waals surface area contributed by atoms with Gasteiger partial charge in [-0.05, 0) is 0 Å². The van der Waals surface area contributed by atoms with Crippen molar-refractivity contribution in [3.8, 4) is 0 Å². The van der Waals surface area contributed by atoms with Crippen LogP contribution in [0.4, 0.5) is 0 Å². The van der Waals surface area contributed by atoms with E-state index in [0.717, 1.165) is 0 Å².